The predicted octanol–water partition coefficient (Wildman–Crippen LogP) is 3.53. The Morgan fingerprint density at radius 2 is 1.84 bits per heavy atom. The predicted molar refractivity (Wildman–Crippen MR) is 92.9 cm³/mol. The third-order valence-corrected chi connectivity index (χ3v) is 6.62. The zero-order chi connectivity index (χ0) is 17.2. The molecule has 4 nitrogen and oxygen atoms in total. The Morgan fingerprint density at radius 3 is 2.40 bits per heavy atom. The van der Waals surface area contributed by atoms with Crippen molar-refractivity contribution in [3.05, 3.63) is 24.3 Å². The summed E-state index contributed by atoms with van der Waals surface area (Å²) in [6, 6.07) is 8.76. The third-order valence-electron chi connectivity index (χ3n) is 5.33. The second kappa shape index (κ2) is 7.78. The van der Waals surface area contributed by atoms with E-state index in [1.807, 2.05) is 12.1 Å². The van der Waals surface area contributed by atoms with E-state index in [-0.39, 0.29) is 5.75 Å². The number of piperidine rings is 1. The molecule has 3 fully saturated rings. The van der Waals surface area contributed by atoms with Crippen molar-refractivity contribution in [3.63, 3.8) is 0 Å². The van der Waals surface area contributed by atoms with Gasteiger partial charge in [-0.15, -0.1) is 0 Å². The standard InChI is InChI=1S/C18H24F2N2O2S/c19-18(20)24-16-3-5-17(6-4-16)25-22-14-1-2-15(22)8-13(7-14)21-9-12-10-23-11-12/h3-6,12-15,18,21H,1-2,7-11H2. The molecule has 2 bridgehead atoms. The second-order valence-electron chi connectivity index (χ2n) is 7.17. The highest BCUT2D eigenvalue weighted by molar-refractivity contribution is 7.97. The van der Waals surface area contributed by atoms with Crippen LogP contribution in [0, 0.1) is 5.92 Å². The van der Waals surface area contributed by atoms with Crippen LogP contribution in [-0.2, 0) is 4.74 Å². The molecular formula is C18H24F2N2O2S. The van der Waals surface area contributed by atoms with Gasteiger partial charge >= 0.3 is 6.61 Å². The lowest BCUT2D eigenvalue weighted by molar-refractivity contribution is -0.0498. The molecule has 3 aliphatic rings. The summed E-state index contributed by atoms with van der Waals surface area (Å²) in [6.07, 6.45) is 4.86. The Bertz CT molecular complexity index is 557. The number of rotatable bonds is 7. The molecule has 4 rings (SSSR count). The number of benzene rings is 1. The van der Waals surface area contributed by atoms with Gasteiger partial charge in [-0.25, -0.2) is 4.31 Å². The normalized spacial score (nSPS) is 29.8. The van der Waals surface area contributed by atoms with Gasteiger partial charge < -0.3 is 14.8 Å². The topological polar surface area (TPSA) is 33.7 Å². The van der Waals surface area contributed by atoms with E-state index in [0.717, 1.165) is 24.7 Å². The van der Waals surface area contributed by atoms with Gasteiger partial charge in [0.25, 0.3) is 0 Å². The molecule has 3 aliphatic heterocycles. The number of hydrogen-bond acceptors (Lipinski definition) is 5. The number of alkyl halides is 2. The summed E-state index contributed by atoms with van der Waals surface area (Å²) in [4.78, 5) is 1.08. The molecule has 25 heavy (non-hydrogen) atoms. The molecule has 1 aromatic rings. The Labute approximate surface area is 151 Å². The lowest BCUT2D eigenvalue weighted by Gasteiger charge is -2.39. The van der Waals surface area contributed by atoms with Crippen LogP contribution < -0.4 is 10.1 Å². The van der Waals surface area contributed by atoms with E-state index < -0.39 is 6.61 Å². The molecule has 138 valence electrons. The quantitative estimate of drug-likeness (QED) is 0.743. The smallest absolute Gasteiger partial charge is 0.387 e. The van der Waals surface area contributed by atoms with Crippen LogP contribution in [0.5, 0.6) is 5.75 Å². The van der Waals surface area contributed by atoms with Crippen molar-refractivity contribution in [2.45, 2.75) is 55.3 Å². The van der Waals surface area contributed by atoms with Crippen molar-refractivity contribution in [1.29, 1.82) is 0 Å². The fourth-order valence-corrected chi connectivity index (χ4v) is 5.17. The van der Waals surface area contributed by atoms with E-state index in [1.54, 1.807) is 24.1 Å². The maximum absolute atomic E-state index is 12.2. The van der Waals surface area contributed by atoms with Gasteiger partial charge in [-0.05, 0) is 61.9 Å². The van der Waals surface area contributed by atoms with Crippen LogP contribution in [-0.4, -0.2) is 48.8 Å². The van der Waals surface area contributed by atoms with E-state index in [0.29, 0.717) is 24.0 Å². The fraction of sp³-hybridized carbons (Fsp3) is 0.667. The number of nitrogens with zero attached hydrogens (tertiary/aromatic N) is 1. The molecular weight excluding hydrogens is 346 g/mol. The monoisotopic (exact) mass is 370 g/mol. The van der Waals surface area contributed by atoms with Crippen molar-refractivity contribution in [1.82, 2.24) is 9.62 Å². The average molecular weight is 370 g/mol. The Kier molecular flexibility index (Phi) is 5.45. The third kappa shape index (κ3) is 4.27. The molecule has 2 atom stereocenters. The first-order valence-corrected chi connectivity index (χ1v) is 9.77. The zero-order valence-corrected chi connectivity index (χ0v) is 14.9. The molecule has 1 aromatic carbocycles. The second-order valence-corrected chi connectivity index (χ2v) is 8.24. The van der Waals surface area contributed by atoms with Crippen LogP contribution in [0.1, 0.15) is 25.7 Å². The molecule has 1 N–H and O–H groups in total. The number of ether oxygens (including phenoxy) is 2. The SMILES string of the molecule is FC(F)Oc1ccc(SN2C3CCC2CC(NCC2COC2)C3)cc1. The first-order valence-electron chi connectivity index (χ1n) is 8.99. The van der Waals surface area contributed by atoms with Crippen LogP contribution in [0.25, 0.3) is 0 Å². The molecule has 0 aromatic heterocycles. The highest BCUT2D eigenvalue weighted by Crippen LogP contribution is 2.43. The molecule has 0 amide bonds. The van der Waals surface area contributed by atoms with Crippen LogP contribution >= 0.6 is 11.9 Å². The van der Waals surface area contributed by atoms with E-state index >= 15 is 0 Å². The van der Waals surface area contributed by atoms with Gasteiger partial charge in [0.15, 0.2) is 0 Å². The highest BCUT2D eigenvalue weighted by Gasteiger charge is 2.41. The van der Waals surface area contributed by atoms with Gasteiger partial charge in [0, 0.05) is 35.5 Å². The minimum atomic E-state index is -2.77. The summed E-state index contributed by atoms with van der Waals surface area (Å²) in [5.41, 5.74) is 0. The van der Waals surface area contributed by atoms with E-state index in [9.17, 15) is 8.78 Å². The van der Waals surface area contributed by atoms with Gasteiger partial charge in [0.2, 0.25) is 0 Å². The van der Waals surface area contributed by atoms with Crippen LogP contribution in [0.15, 0.2) is 29.2 Å². The molecule has 0 spiro atoms. The lowest BCUT2D eigenvalue weighted by Crippen LogP contribution is -2.48. The Hall–Kier alpha value is -0.890. The summed E-state index contributed by atoms with van der Waals surface area (Å²) >= 11 is 1.76. The molecule has 0 radical (unpaired) electrons. The molecule has 2 unspecified atom stereocenters. The van der Waals surface area contributed by atoms with Gasteiger partial charge in [-0.3, -0.25) is 0 Å². The summed E-state index contributed by atoms with van der Waals surface area (Å²) in [5, 5.41) is 3.73. The summed E-state index contributed by atoms with van der Waals surface area (Å²) in [7, 11) is 0. The first-order chi connectivity index (χ1) is 12.2. The number of fused-ring (bicyclic) bond motifs is 2. The minimum Gasteiger partial charge on any atom is -0.435 e. The molecule has 0 aliphatic carbocycles. The van der Waals surface area contributed by atoms with Crippen LogP contribution in [0.2, 0.25) is 0 Å². The molecule has 3 heterocycles. The summed E-state index contributed by atoms with van der Waals surface area (Å²) in [6.45, 7) is 0.107. The maximum atomic E-state index is 12.2. The minimum absolute atomic E-state index is 0.213. The number of halogens is 2. The largest absolute Gasteiger partial charge is 0.435 e. The van der Waals surface area contributed by atoms with Crippen LogP contribution in [0.4, 0.5) is 8.78 Å². The van der Waals surface area contributed by atoms with Gasteiger partial charge in [-0.1, -0.05) is 0 Å². The lowest BCUT2D eigenvalue weighted by atomic mass is 9.98. The maximum Gasteiger partial charge on any atom is 0.387 e. The summed E-state index contributed by atoms with van der Waals surface area (Å²) in [5.74, 6) is 0.907. The van der Waals surface area contributed by atoms with E-state index in [2.05, 4.69) is 14.4 Å². The first kappa shape index (κ1) is 17.5. The fourth-order valence-electron chi connectivity index (χ4n) is 3.99. The number of hydrogen-bond donors (Lipinski definition) is 1. The van der Waals surface area contributed by atoms with Gasteiger partial charge in [0.05, 0.1) is 13.2 Å². The zero-order valence-electron chi connectivity index (χ0n) is 14.1. The Morgan fingerprint density at radius 1 is 1.16 bits per heavy atom. The van der Waals surface area contributed by atoms with Crippen molar-refractivity contribution in [2.24, 2.45) is 5.92 Å². The molecule has 3 saturated heterocycles. The Balaban J connectivity index is 1.30. The van der Waals surface area contributed by atoms with E-state index in [1.165, 1.54) is 25.7 Å². The van der Waals surface area contributed by atoms with Crippen molar-refractivity contribution >= 4 is 11.9 Å². The van der Waals surface area contributed by atoms with Gasteiger partial charge in [0.1, 0.15) is 5.75 Å². The molecule has 0 saturated carbocycles. The number of nitrogens with one attached hydrogen (secondary N) is 1. The van der Waals surface area contributed by atoms with Crippen molar-refractivity contribution in [2.75, 3.05) is 19.8 Å². The van der Waals surface area contributed by atoms with E-state index in [4.69, 9.17) is 4.74 Å². The molecule has 7 heteroatoms. The average Bonchev–Trinajstić information content (AvgIpc) is 2.77. The summed E-state index contributed by atoms with van der Waals surface area (Å²) < 4.78 is 36.6. The van der Waals surface area contributed by atoms with Gasteiger partial charge in [-0.2, -0.15) is 8.78 Å². The highest BCUT2D eigenvalue weighted by atomic mass is 32.2. The van der Waals surface area contributed by atoms with Crippen molar-refractivity contribution < 1.29 is 18.3 Å². The van der Waals surface area contributed by atoms with Crippen molar-refractivity contribution in [3.8, 4) is 5.75 Å². The van der Waals surface area contributed by atoms with Crippen LogP contribution in [0.3, 0.4) is 0 Å².